The molecule has 32 heavy (non-hydrogen) atoms. The molecule has 0 saturated carbocycles. The van der Waals surface area contributed by atoms with Crippen molar-refractivity contribution in [3.05, 3.63) is 59.4 Å². The second-order valence-corrected chi connectivity index (χ2v) is 7.30. The van der Waals surface area contributed by atoms with Crippen LogP contribution in [0.4, 0.5) is 9.80 Å². The van der Waals surface area contributed by atoms with Gasteiger partial charge < -0.3 is 25.3 Å². The van der Waals surface area contributed by atoms with Gasteiger partial charge in [0, 0.05) is 24.5 Å². The lowest BCUT2D eigenvalue weighted by molar-refractivity contribution is 0.0996. The van der Waals surface area contributed by atoms with Crippen LogP contribution in [0.3, 0.4) is 0 Å². The maximum absolute atomic E-state index is 12.3. The lowest BCUT2D eigenvalue weighted by Crippen LogP contribution is -2.31. The molecule has 3 rings (SSSR count). The zero-order chi connectivity index (χ0) is 22.9. The highest BCUT2D eigenvalue weighted by atomic mass is 32.1. The largest absolute Gasteiger partial charge is 0.493 e. The van der Waals surface area contributed by atoms with Gasteiger partial charge in [-0.1, -0.05) is 12.1 Å². The van der Waals surface area contributed by atoms with Gasteiger partial charge in [-0.15, -0.1) is 0 Å². The highest BCUT2D eigenvalue weighted by Gasteiger charge is 2.22. The highest BCUT2D eigenvalue weighted by molar-refractivity contribution is 7.11. The number of carbonyl (C=O) groups is 2. The zero-order valence-corrected chi connectivity index (χ0v) is 18.4. The van der Waals surface area contributed by atoms with Crippen LogP contribution < -0.4 is 30.6 Å². The summed E-state index contributed by atoms with van der Waals surface area (Å²) in [6.45, 7) is 0.519. The van der Waals surface area contributed by atoms with Gasteiger partial charge in [0.2, 0.25) is 5.88 Å². The molecule has 0 atom stereocenters. The molecule has 168 valence electrons. The van der Waals surface area contributed by atoms with E-state index in [1.807, 2.05) is 18.2 Å². The fourth-order valence-electron chi connectivity index (χ4n) is 2.82. The molecule has 0 aliphatic heterocycles. The minimum absolute atomic E-state index is 0.0222. The van der Waals surface area contributed by atoms with Crippen LogP contribution in [0.25, 0.3) is 0 Å². The number of pyridine rings is 1. The van der Waals surface area contributed by atoms with Crippen LogP contribution in [0.1, 0.15) is 21.5 Å². The number of primary amides is 1. The van der Waals surface area contributed by atoms with E-state index in [0.29, 0.717) is 24.5 Å². The number of nitrogens with two attached hydrogens (primary N) is 1. The normalized spacial score (nSPS) is 10.3. The van der Waals surface area contributed by atoms with Crippen LogP contribution in [-0.2, 0) is 13.0 Å². The first-order valence-electron chi connectivity index (χ1n) is 9.58. The standard InChI is InChI=1S/C21H23N5O5S/c1-29-15-6-5-13(10-16(15)30-2)7-9-24-21(28)25-20-17(18(22)27)19(26-32-20)31-12-14-4-3-8-23-11-14/h3-6,8,10-11H,7,9,12H2,1-2H3,(H2,22,27)(H2,24,25,28). The Hall–Kier alpha value is -3.86. The van der Waals surface area contributed by atoms with Crippen molar-refractivity contribution in [1.82, 2.24) is 14.7 Å². The molecule has 3 amide bonds. The minimum Gasteiger partial charge on any atom is -0.493 e. The molecule has 2 aromatic heterocycles. The van der Waals surface area contributed by atoms with Crippen LogP contribution in [0.5, 0.6) is 17.4 Å². The van der Waals surface area contributed by atoms with Crippen molar-refractivity contribution >= 4 is 28.5 Å². The number of hydrogen-bond acceptors (Lipinski definition) is 8. The fraction of sp³-hybridized carbons (Fsp3) is 0.238. The predicted octanol–water partition coefficient (Wildman–Crippen LogP) is 2.60. The molecule has 0 unspecified atom stereocenters. The maximum Gasteiger partial charge on any atom is 0.319 e. The Balaban J connectivity index is 1.56. The third-order valence-electron chi connectivity index (χ3n) is 4.38. The van der Waals surface area contributed by atoms with Gasteiger partial charge in [-0.3, -0.25) is 15.1 Å². The minimum atomic E-state index is -0.749. The number of hydrogen-bond donors (Lipinski definition) is 3. The SMILES string of the molecule is COc1ccc(CCNC(=O)Nc2snc(OCc3cccnc3)c2C(N)=O)cc1OC. The molecule has 0 aliphatic carbocycles. The number of ether oxygens (including phenoxy) is 3. The average Bonchev–Trinajstić information content (AvgIpc) is 3.20. The van der Waals surface area contributed by atoms with Crippen molar-refractivity contribution < 1.29 is 23.8 Å². The Morgan fingerprint density at radius 1 is 1.12 bits per heavy atom. The van der Waals surface area contributed by atoms with Gasteiger partial charge in [0.15, 0.2) is 11.5 Å². The Bertz CT molecular complexity index is 1070. The van der Waals surface area contributed by atoms with E-state index in [4.69, 9.17) is 19.9 Å². The topological polar surface area (TPSA) is 138 Å². The number of amides is 3. The number of aromatic nitrogens is 2. The summed E-state index contributed by atoms with van der Waals surface area (Å²) < 4.78 is 20.2. The van der Waals surface area contributed by atoms with Crippen LogP contribution >= 0.6 is 11.5 Å². The third-order valence-corrected chi connectivity index (χ3v) is 5.13. The summed E-state index contributed by atoms with van der Waals surface area (Å²) >= 11 is 0.913. The maximum atomic E-state index is 12.3. The summed E-state index contributed by atoms with van der Waals surface area (Å²) in [4.78, 5) is 28.2. The Kier molecular flexibility index (Phi) is 7.81. The van der Waals surface area contributed by atoms with E-state index in [1.165, 1.54) is 0 Å². The van der Waals surface area contributed by atoms with Gasteiger partial charge in [-0.2, -0.15) is 4.37 Å². The summed E-state index contributed by atoms with van der Waals surface area (Å²) in [5, 5.41) is 5.55. The van der Waals surface area contributed by atoms with Gasteiger partial charge in [0.1, 0.15) is 17.2 Å². The highest BCUT2D eigenvalue weighted by Crippen LogP contribution is 2.31. The third kappa shape index (κ3) is 5.85. The molecule has 0 spiro atoms. The molecule has 0 saturated heterocycles. The van der Waals surface area contributed by atoms with Crippen molar-refractivity contribution in [3.63, 3.8) is 0 Å². The summed E-state index contributed by atoms with van der Waals surface area (Å²) in [7, 11) is 3.13. The first-order valence-corrected chi connectivity index (χ1v) is 10.4. The molecule has 0 radical (unpaired) electrons. The van der Waals surface area contributed by atoms with Crippen LogP contribution in [-0.4, -0.2) is 42.1 Å². The van der Waals surface area contributed by atoms with Crippen LogP contribution in [0, 0.1) is 0 Å². The van der Waals surface area contributed by atoms with Crippen molar-refractivity contribution in [1.29, 1.82) is 0 Å². The van der Waals surface area contributed by atoms with Gasteiger partial charge in [-0.05, 0) is 41.7 Å². The molecule has 2 heterocycles. The Labute approximate surface area is 188 Å². The summed E-state index contributed by atoms with van der Waals surface area (Å²) in [5.41, 5.74) is 7.26. The summed E-state index contributed by atoms with van der Waals surface area (Å²) in [6, 6.07) is 8.65. The van der Waals surface area contributed by atoms with Crippen molar-refractivity contribution in [3.8, 4) is 17.4 Å². The van der Waals surface area contributed by atoms with E-state index in [1.54, 1.807) is 38.7 Å². The molecule has 1 aromatic carbocycles. The molecule has 0 bridgehead atoms. The summed E-state index contributed by atoms with van der Waals surface area (Å²) in [6.07, 6.45) is 3.85. The number of rotatable bonds is 10. The van der Waals surface area contributed by atoms with Crippen molar-refractivity contribution in [2.45, 2.75) is 13.0 Å². The number of carbonyl (C=O) groups excluding carboxylic acids is 2. The van der Waals surface area contributed by atoms with E-state index in [-0.39, 0.29) is 23.1 Å². The Morgan fingerprint density at radius 2 is 1.94 bits per heavy atom. The molecule has 0 fully saturated rings. The van der Waals surface area contributed by atoms with E-state index in [9.17, 15) is 9.59 Å². The predicted molar refractivity (Wildman–Crippen MR) is 119 cm³/mol. The molecule has 4 N–H and O–H groups in total. The molecule has 10 nitrogen and oxygen atoms in total. The number of nitrogens with zero attached hydrogens (tertiary/aromatic N) is 2. The number of nitrogens with one attached hydrogen (secondary N) is 2. The van der Waals surface area contributed by atoms with E-state index >= 15 is 0 Å². The monoisotopic (exact) mass is 457 g/mol. The molecular weight excluding hydrogens is 434 g/mol. The lowest BCUT2D eigenvalue weighted by atomic mass is 10.1. The number of anilines is 1. The van der Waals surface area contributed by atoms with Crippen LogP contribution in [0.2, 0.25) is 0 Å². The summed E-state index contributed by atoms with van der Waals surface area (Å²) in [5.74, 6) is 0.559. The number of urea groups is 1. The molecule has 0 aliphatic rings. The van der Waals surface area contributed by atoms with E-state index < -0.39 is 11.9 Å². The van der Waals surface area contributed by atoms with Crippen molar-refractivity contribution in [2.24, 2.45) is 5.73 Å². The average molecular weight is 458 g/mol. The van der Waals surface area contributed by atoms with E-state index in [2.05, 4.69) is 20.0 Å². The second kappa shape index (κ2) is 11.0. The molecule has 3 aromatic rings. The first-order chi connectivity index (χ1) is 15.5. The fourth-order valence-corrected chi connectivity index (χ4v) is 3.55. The van der Waals surface area contributed by atoms with Gasteiger partial charge >= 0.3 is 6.03 Å². The zero-order valence-electron chi connectivity index (χ0n) is 17.6. The van der Waals surface area contributed by atoms with Gasteiger partial charge in [0.05, 0.1) is 14.2 Å². The first kappa shape index (κ1) is 22.8. The van der Waals surface area contributed by atoms with E-state index in [0.717, 1.165) is 22.7 Å². The molecule has 11 heteroatoms. The van der Waals surface area contributed by atoms with Gasteiger partial charge in [-0.25, -0.2) is 4.79 Å². The smallest absolute Gasteiger partial charge is 0.319 e. The Morgan fingerprint density at radius 3 is 2.62 bits per heavy atom. The molecular formula is C21H23N5O5S. The van der Waals surface area contributed by atoms with Crippen molar-refractivity contribution in [2.75, 3.05) is 26.1 Å². The van der Waals surface area contributed by atoms with Gasteiger partial charge in [0.25, 0.3) is 5.91 Å². The number of methoxy groups -OCH3 is 2. The number of benzene rings is 1. The quantitative estimate of drug-likeness (QED) is 0.425. The van der Waals surface area contributed by atoms with Crippen LogP contribution in [0.15, 0.2) is 42.7 Å². The lowest BCUT2D eigenvalue weighted by Gasteiger charge is -2.10. The second-order valence-electron chi connectivity index (χ2n) is 6.53.